The average Bonchev–Trinajstić information content (AvgIpc) is 2.82. The number of hydrogen-bond acceptors (Lipinski definition) is 3. The number of benzene rings is 1. The van der Waals surface area contributed by atoms with E-state index in [9.17, 15) is 0 Å². The van der Waals surface area contributed by atoms with Gasteiger partial charge in [0, 0.05) is 12.7 Å². The lowest BCUT2D eigenvalue weighted by Gasteiger charge is -2.39. The highest BCUT2D eigenvalue weighted by molar-refractivity contribution is 5.30. The predicted octanol–water partition coefficient (Wildman–Crippen LogP) is 4.66. The van der Waals surface area contributed by atoms with Crippen LogP contribution < -0.4 is 0 Å². The fraction of sp³-hybridized carbons (Fsp3) is 0.579. The molecule has 1 aliphatic heterocycles. The number of aryl methyl sites for hydroxylation is 1. The molecule has 1 aromatic carbocycles. The zero-order valence-corrected chi connectivity index (χ0v) is 13.6. The third-order valence-corrected chi connectivity index (χ3v) is 4.96. The Kier molecular flexibility index (Phi) is 4.67. The van der Waals surface area contributed by atoms with Gasteiger partial charge < -0.3 is 4.74 Å². The van der Waals surface area contributed by atoms with Crippen LogP contribution in [0.4, 0.5) is 0 Å². The van der Waals surface area contributed by atoms with Gasteiger partial charge in [-0.15, -0.1) is 0 Å². The molecular weight excluding hydrogens is 276 g/mol. The molecule has 0 saturated heterocycles. The van der Waals surface area contributed by atoms with E-state index in [1.807, 2.05) is 6.08 Å². The molecule has 1 heterocycles. The first-order valence-electron chi connectivity index (χ1n) is 8.44. The van der Waals surface area contributed by atoms with E-state index in [2.05, 4.69) is 37.3 Å². The van der Waals surface area contributed by atoms with Crippen molar-refractivity contribution in [1.82, 2.24) is 0 Å². The summed E-state index contributed by atoms with van der Waals surface area (Å²) in [5.41, 5.74) is 2.00. The van der Waals surface area contributed by atoms with E-state index in [1.54, 1.807) is 7.11 Å². The Morgan fingerprint density at radius 1 is 0.955 bits per heavy atom. The van der Waals surface area contributed by atoms with Crippen molar-refractivity contribution >= 4 is 0 Å². The summed E-state index contributed by atoms with van der Waals surface area (Å²) in [6.07, 6.45) is 12.2. The van der Waals surface area contributed by atoms with Gasteiger partial charge in [0.05, 0.1) is 0 Å². The minimum Gasteiger partial charge on any atom is -0.344 e. The van der Waals surface area contributed by atoms with E-state index < -0.39 is 5.79 Å². The van der Waals surface area contributed by atoms with Crippen LogP contribution in [0.5, 0.6) is 0 Å². The van der Waals surface area contributed by atoms with Crippen LogP contribution in [-0.4, -0.2) is 12.7 Å². The predicted molar refractivity (Wildman–Crippen MR) is 86.3 cm³/mol. The van der Waals surface area contributed by atoms with Crippen molar-refractivity contribution in [3.8, 4) is 0 Å². The average molecular weight is 302 g/mol. The third-order valence-electron chi connectivity index (χ3n) is 4.96. The normalized spacial score (nSPS) is 27.7. The van der Waals surface area contributed by atoms with E-state index in [1.165, 1.54) is 31.2 Å². The van der Waals surface area contributed by atoms with E-state index in [0.29, 0.717) is 0 Å². The Morgan fingerprint density at radius 3 is 2.14 bits per heavy atom. The maximum absolute atomic E-state index is 5.89. The molecule has 120 valence electrons. The molecule has 1 saturated carbocycles. The number of rotatable bonds is 3. The minimum absolute atomic E-state index is 0.262. The van der Waals surface area contributed by atoms with Crippen LogP contribution in [0, 0.1) is 0 Å². The maximum atomic E-state index is 5.89. The van der Waals surface area contributed by atoms with Crippen molar-refractivity contribution in [2.75, 3.05) is 7.11 Å². The van der Waals surface area contributed by atoms with Crippen molar-refractivity contribution in [3.05, 3.63) is 47.5 Å². The minimum atomic E-state index is -0.927. The Labute approximate surface area is 133 Å². The molecule has 0 radical (unpaired) electrons. The maximum Gasteiger partial charge on any atom is 0.246 e. The second kappa shape index (κ2) is 6.53. The molecule has 3 rings (SSSR count). The third kappa shape index (κ3) is 2.98. The van der Waals surface area contributed by atoms with Crippen molar-refractivity contribution in [2.45, 2.75) is 63.3 Å². The largest absolute Gasteiger partial charge is 0.344 e. The second-order valence-electron chi connectivity index (χ2n) is 6.40. The highest BCUT2D eigenvalue weighted by Crippen LogP contribution is 2.41. The van der Waals surface area contributed by atoms with Gasteiger partial charge in [0.2, 0.25) is 5.79 Å². The molecule has 0 amide bonds. The summed E-state index contributed by atoms with van der Waals surface area (Å²) in [4.78, 5) is 11.7. The number of ether oxygens (including phenoxy) is 1. The molecule has 1 spiro atoms. The first-order chi connectivity index (χ1) is 10.7. The van der Waals surface area contributed by atoms with Crippen LogP contribution in [0.1, 0.15) is 56.6 Å². The van der Waals surface area contributed by atoms with Crippen LogP contribution in [-0.2, 0) is 26.7 Å². The van der Waals surface area contributed by atoms with Crippen LogP contribution >= 0.6 is 0 Å². The first kappa shape index (κ1) is 15.7. The molecule has 1 fully saturated rings. The van der Waals surface area contributed by atoms with Gasteiger partial charge in [0.25, 0.3) is 0 Å². The fourth-order valence-electron chi connectivity index (χ4n) is 3.38. The molecule has 1 aromatic rings. The van der Waals surface area contributed by atoms with E-state index >= 15 is 0 Å². The van der Waals surface area contributed by atoms with Crippen LogP contribution in [0.2, 0.25) is 0 Å². The number of hydrogen-bond donors (Lipinski definition) is 0. The molecule has 1 unspecified atom stereocenters. The smallest absolute Gasteiger partial charge is 0.246 e. The summed E-state index contributed by atoms with van der Waals surface area (Å²) in [6.45, 7) is 2.15. The zero-order chi connectivity index (χ0) is 15.5. The fourth-order valence-corrected chi connectivity index (χ4v) is 3.38. The summed E-state index contributed by atoms with van der Waals surface area (Å²) < 4.78 is 5.67. The second-order valence-corrected chi connectivity index (χ2v) is 6.40. The molecule has 0 aromatic heterocycles. The molecule has 3 nitrogen and oxygen atoms in total. The Balaban J connectivity index is 1.85. The van der Waals surface area contributed by atoms with Crippen molar-refractivity contribution < 1.29 is 14.5 Å². The summed E-state index contributed by atoms with van der Waals surface area (Å²) in [7, 11) is 1.66. The SMILES string of the molecule is CCc1ccc(C2(OC)C=CC3(CCCCCC3)OO2)cc1. The molecule has 22 heavy (non-hydrogen) atoms. The molecule has 0 bridgehead atoms. The van der Waals surface area contributed by atoms with E-state index in [0.717, 1.165) is 24.8 Å². The van der Waals surface area contributed by atoms with Crippen molar-refractivity contribution in [1.29, 1.82) is 0 Å². The van der Waals surface area contributed by atoms with Crippen LogP contribution in [0.25, 0.3) is 0 Å². The van der Waals surface area contributed by atoms with Crippen molar-refractivity contribution in [2.24, 2.45) is 0 Å². The Hall–Kier alpha value is -1.16. The molecule has 1 aliphatic carbocycles. The van der Waals surface area contributed by atoms with Gasteiger partial charge in [0.1, 0.15) is 5.60 Å². The zero-order valence-electron chi connectivity index (χ0n) is 13.6. The molecule has 0 N–H and O–H groups in total. The topological polar surface area (TPSA) is 27.7 Å². The summed E-state index contributed by atoms with van der Waals surface area (Å²) >= 11 is 0. The molecule has 1 atom stereocenters. The molecule has 2 aliphatic rings. The van der Waals surface area contributed by atoms with Gasteiger partial charge in [-0.3, -0.25) is 0 Å². The first-order valence-corrected chi connectivity index (χ1v) is 8.44. The van der Waals surface area contributed by atoms with Gasteiger partial charge in [-0.05, 0) is 37.0 Å². The molecular formula is C19H26O3. The van der Waals surface area contributed by atoms with Crippen LogP contribution in [0.15, 0.2) is 36.4 Å². The quantitative estimate of drug-likeness (QED) is 0.600. The molecule has 3 heteroatoms. The highest BCUT2D eigenvalue weighted by Gasteiger charge is 2.42. The Bertz CT molecular complexity index is 512. The van der Waals surface area contributed by atoms with Gasteiger partial charge in [-0.25, -0.2) is 4.89 Å². The van der Waals surface area contributed by atoms with Crippen molar-refractivity contribution in [3.63, 3.8) is 0 Å². The summed E-state index contributed by atoms with van der Waals surface area (Å²) in [5, 5.41) is 0. The highest BCUT2D eigenvalue weighted by atomic mass is 17.2. The van der Waals surface area contributed by atoms with Gasteiger partial charge in [-0.1, -0.05) is 56.9 Å². The number of methoxy groups -OCH3 is 1. The van der Waals surface area contributed by atoms with E-state index in [4.69, 9.17) is 14.5 Å². The standard InChI is InChI=1S/C19H26O3/c1-3-16-8-10-17(11-9-16)19(20-2)15-14-18(21-22-19)12-6-4-5-7-13-18/h8-11,14-15H,3-7,12-13H2,1-2H3. The van der Waals surface area contributed by atoms with E-state index in [-0.39, 0.29) is 5.60 Å². The van der Waals surface area contributed by atoms with Gasteiger partial charge >= 0.3 is 0 Å². The lowest BCUT2D eigenvalue weighted by molar-refractivity contribution is -0.458. The monoisotopic (exact) mass is 302 g/mol. The lowest BCUT2D eigenvalue weighted by atomic mass is 9.91. The summed E-state index contributed by atoms with van der Waals surface area (Å²) in [5.74, 6) is -0.927. The van der Waals surface area contributed by atoms with Crippen LogP contribution in [0.3, 0.4) is 0 Å². The van der Waals surface area contributed by atoms with Gasteiger partial charge in [-0.2, -0.15) is 4.89 Å². The van der Waals surface area contributed by atoms with Gasteiger partial charge in [0.15, 0.2) is 0 Å². The lowest BCUT2D eigenvalue weighted by Crippen LogP contribution is -2.42. The Morgan fingerprint density at radius 2 is 1.64 bits per heavy atom. The summed E-state index contributed by atoms with van der Waals surface area (Å²) in [6, 6.07) is 8.34.